The molecule has 0 radical (unpaired) electrons. The maximum absolute atomic E-state index is 13.6. The highest BCUT2D eigenvalue weighted by molar-refractivity contribution is 5.40. The first-order chi connectivity index (χ1) is 11.2. The average molecular weight is 340 g/mol. The van der Waals surface area contributed by atoms with E-state index in [2.05, 4.69) is 0 Å². The number of aryl methyl sites for hydroxylation is 1. The molecule has 0 bridgehead atoms. The van der Waals surface area contributed by atoms with Gasteiger partial charge in [0.2, 0.25) is 0 Å². The van der Waals surface area contributed by atoms with Crippen LogP contribution in [0.2, 0.25) is 0 Å². The molecule has 0 unspecified atom stereocenters. The quantitative estimate of drug-likeness (QED) is 0.728. The van der Waals surface area contributed by atoms with Gasteiger partial charge in [0.05, 0.1) is 0 Å². The SMILES string of the molecule is C[C@]12CC[C@@H]3c4ccc(O)cc4CC[C@H]3[C@@H]1CC[C@@]2(O)C(F)(F)F. The molecule has 0 amide bonds. The van der Waals surface area contributed by atoms with Crippen molar-refractivity contribution in [3.63, 3.8) is 0 Å². The topological polar surface area (TPSA) is 40.5 Å². The molecule has 0 aliphatic heterocycles. The third-order valence-corrected chi connectivity index (χ3v) is 7.33. The highest BCUT2D eigenvalue weighted by atomic mass is 19.4. The number of phenols is 1. The fraction of sp³-hybridized carbons (Fsp3) is 0.684. The zero-order valence-electron chi connectivity index (χ0n) is 13.7. The first-order valence-corrected chi connectivity index (χ1v) is 8.78. The van der Waals surface area contributed by atoms with E-state index in [-0.39, 0.29) is 29.9 Å². The number of fused-ring (bicyclic) bond motifs is 5. The molecular weight excluding hydrogens is 317 g/mol. The molecule has 3 aliphatic rings. The number of hydrogen-bond acceptors (Lipinski definition) is 2. The number of aromatic hydroxyl groups is 1. The lowest BCUT2D eigenvalue weighted by Gasteiger charge is -2.53. The molecule has 24 heavy (non-hydrogen) atoms. The van der Waals surface area contributed by atoms with E-state index in [0.29, 0.717) is 19.3 Å². The number of hydrogen-bond donors (Lipinski definition) is 2. The largest absolute Gasteiger partial charge is 0.508 e. The van der Waals surface area contributed by atoms with E-state index in [1.165, 1.54) is 5.56 Å². The van der Waals surface area contributed by atoms with E-state index in [9.17, 15) is 23.4 Å². The molecule has 132 valence electrons. The van der Waals surface area contributed by atoms with Crippen LogP contribution in [0.25, 0.3) is 0 Å². The second-order valence-corrected chi connectivity index (χ2v) is 8.15. The van der Waals surface area contributed by atoms with Crippen LogP contribution in [0.1, 0.15) is 56.1 Å². The van der Waals surface area contributed by atoms with Crippen LogP contribution in [0, 0.1) is 17.3 Å². The van der Waals surface area contributed by atoms with Gasteiger partial charge in [0.15, 0.2) is 5.60 Å². The number of aliphatic hydroxyl groups is 1. The van der Waals surface area contributed by atoms with Crippen LogP contribution in [0.4, 0.5) is 13.2 Å². The van der Waals surface area contributed by atoms with Gasteiger partial charge in [-0.15, -0.1) is 0 Å². The van der Waals surface area contributed by atoms with E-state index in [4.69, 9.17) is 0 Å². The normalized spacial score (nSPS) is 41.5. The summed E-state index contributed by atoms with van der Waals surface area (Å²) in [7, 11) is 0. The zero-order valence-corrected chi connectivity index (χ0v) is 13.7. The Kier molecular flexibility index (Phi) is 3.32. The Hall–Kier alpha value is -1.23. The lowest BCUT2D eigenvalue weighted by Crippen LogP contribution is -2.58. The van der Waals surface area contributed by atoms with Crippen molar-refractivity contribution in [2.45, 2.75) is 63.1 Å². The molecule has 0 saturated heterocycles. The molecule has 2 fully saturated rings. The summed E-state index contributed by atoms with van der Waals surface area (Å²) in [6.45, 7) is 1.65. The fourth-order valence-corrected chi connectivity index (χ4v) is 6.05. The highest BCUT2D eigenvalue weighted by Crippen LogP contribution is 2.67. The summed E-state index contributed by atoms with van der Waals surface area (Å²) in [5.41, 5.74) is -1.32. The number of phenolic OH excluding ortho intramolecular Hbond substituents is 1. The van der Waals surface area contributed by atoms with Crippen LogP contribution in [0.3, 0.4) is 0 Å². The molecule has 1 aromatic rings. The van der Waals surface area contributed by atoms with Crippen molar-refractivity contribution in [3.05, 3.63) is 29.3 Å². The van der Waals surface area contributed by atoms with Crippen molar-refractivity contribution in [2.75, 3.05) is 0 Å². The fourth-order valence-electron chi connectivity index (χ4n) is 6.05. The Morgan fingerprint density at radius 1 is 1.12 bits per heavy atom. The van der Waals surface area contributed by atoms with Gasteiger partial charge >= 0.3 is 6.18 Å². The van der Waals surface area contributed by atoms with Gasteiger partial charge in [-0.05, 0) is 79.5 Å². The Bertz CT molecular complexity index is 671. The van der Waals surface area contributed by atoms with Crippen LogP contribution in [-0.2, 0) is 6.42 Å². The predicted molar refractivity (Wildman–Crippen MR) is 83.7 cm³/mol. The van der Waals surface area contributed by atoms with Crippen LogP contribution in [-0.4, -0.2) is 22.0 Å². The van der Waals surface area contributed by atoms with Gasteiger partial charge in [0.25, 0.3) is 0 Å². The second-order valence-electron chi connectivity index (χ2n) is 8.15. The molecular formula is C19H23F3O2. The monoisotopic (exact) mass is 340 g/mol. The van der Waals surface area contributed by atoms with Crippen molar-refractivity contribution in [3.8, 4) is 5.75 Å². The van der Waals surface area contributed by atoms with E-state index < -0.39 is 17.2 Å². The first kappa shape index (κ1) is 16.2. The number of benzene rings is 1. The molecule has 4 rings (SSSR count). The van der Waals surface area contributed by atoms with Crippen molar-refractivity contribution in [1.82, 2.24) is 0 Å². The third kappa shape index (κ3) is 1.94. The van der Waals surface area contributed by atoms with Gasteiger partial charge in [-0.1, -0.05) is 13.0 Å². The minimum atomic E-state index is -4.57. The standard InChI is InChI=1S/C19H23F3O2/c1-17-8-6-14-13-5-3-12(23)10-11(13)2-4-15(14)16(17)7-9-18(17,24)19(20,21)22/h3,5,10,14-16,23-24H,2,4,6-9H2,1H3/t14-,15-,16+,17+,18+/m1/s1. The molecule has 2 N–H and O–H groups in total. The maximum Gasteiger partial charge on any atom is 0.417 e. The molecule has 2 saturated carbocycles. The molecule has 0 heterocycles. The number of alkyl halides is 3. The number of halogens is 3. The summed E-state index contributed by atoms with van der Waals surface area (Å²) in [4.78, 5) is 0. The van der Waals surface area contributed by atoms with Crippen LogP contribution >= 0.6 is 0 Å². The smallest absolute Gasteiger partial charge is 0.417 e. The Labute approximate surface area is 139 Å². The highest BCUT2D eigenvalue weighted by Gasteiger charge is 2.71. The minimum absolute atomic E-state index is 0.0928. The molecule has 2 nitrogen and oxygen atoms in total. The lowest BCUT2D eigenvalue weighted by molar-refractivity contribution is -0.300. The van der Waals surface area contributed by atoms with E-state index >= 15 is 0 Å². The molecule has 0 aromatic heterocycles. The van der Waals surface area contributed by atoms with Crippen molar-refractivity contribution in [2.24, 2.45) is 17.3 Å². The summed E-state index contributed by atoms with van der Waals surface area (Å²) in [5, 5.41) is 20.2. The third-order valence-electron chi connectivity index (χ3n) is 7.33. The van der Waals surface area contributed by atoms with Gasteiger partial charge in [-0.2, -0.15) is 13.2 Å². The Balaban J connectivity index is 1.71. The van der Waals surface area contributed by atoms with Crippen molar-refractivity contribution >= 4 is 0 Å². The molecule has 0 spiro atoms. The summed E-state index contributed by atoms with van der Waals surface area (Å²) in [6.07, 6.45) is -1.59. The summed E-state index contributed by atoms with van der Waals surface area (Å²) in [6, 6.07) is 5.41. The van der Waals surface area contributed by atoms with Gasteiger partial charge < -0.3 is 10.2 Å². The predicted octanol–water partition coefficient (Wildman–Crippen LogP) is 4.54. The zero-order chi connectivity index (χ0) is 17.3. The van der Waals surface area contributed by atoms with Gasteiger partial charge in [0, 0.05) is 5.41 Å². The minimum Gasteiger partial charge on any atom is -0.508 e. The summed E-state index contributed by atoms with van der Waals surface area (Å²) < 4.78 is 40.8. The van der Waals surface area contributed by atoms with Crippen molar-refractivity contribution < 1.29 is 23.4 Å². The van der Waals surface area contributed by atoms with Gasteiger partial charge in [0.1, 0.15) is 5.75 Å². The van der Waals surface area contributed by atoms with E-state index in [0.717, 1.165) is 18.4 Å². The lowest BCUT2D eigenvalue weighted by atomic mass is 9.53. The molecule has 5 atom stereocenters. The molecule has 3 aliphatic carbocycles. The van der Waals surface area contributed by atoms with Crippen LogP contribution in [0.15, 0.2) is 18.2 Å². The van der Waals surface area contributed by atoms with Gasteiger partial charge in [-0.25, -0.2) is 0 Å². The maximum atomic E-state index is 13.6. The Morgan fingerprint density at radius 2 is 1.88 bits per heavy atom. The van der Waals surface area contributed by atoms with Crippen molar-refractivity contribution in [1.29, 1.82) is 0 Å². The molecule has 5 heteroatoms. The van der Waals surface area contributed by atoms with E-state index in [1.807, 2.05) is 6.07 Å². The van der Waals surface area contributed by atoms with Gasteiger partial charge in [-0.3, -0.25) is 0 Å². The first-order valence-electron chi connectivity index (χ1n) is 8.78. The summed E-state index contributed by atoms with van der Waals surface area (Å²) in [5.74, 6) is 0.602. The van der Waals surface area contributed by atoms with Crippen LogP contribution < -0.4 is 0 Å². The summed E-state index contributed by atoms with van der Waals surface area (Å²) >= 11 is 0. The number of rotatable bonds is 0. The molecule has 1 aromatic carbocycles. The van der Waals surface area contributed by atoms with E-state index in [1.54, 1.807) is 19.1 Å². The average Bonchev–Trinajstić information content (AvgIpc) is 2.79. The second kappa shape index (κ2) is 4.90. The van der Waals surface area contributed by atoms with Crippen LogP contribution in [0.5, 0.6) is 5.75 Å². The Morgan fingerprint density at radius 3 is 2.58 bits per heavy atom.